The molecule has 7 nitrogen and oxygen atoms in total. The topological polar surface area (TPSA) is 75.9 Å². The van der Waals surface area contributed by atoms with Gasteiger partial charge in [0.1, 0.15) is 0 Å². The summed E-state index contributed by atoms with van der Waals surface area (Å²) in [5.74, 6) is 0.626. The molecule has 2 amide bonds. The number of anilines is 1. The van der Waals surface area contributed by atoms with Crippen molar-refractivity contribution in [2.45, 2.75) is 6.54 Å². The van der Waals surface area contributed by atoms with Gasteiger partial charge in [0, 0.05) is 19.8 Å². The molecule has 1 aromatic carbocycles. The fourth-order valence-electron chi connectivity index (χ4n) is 1.41. The number of carbonyl (C=O) groups excluding carboxylic acids is 1. The maximum Gasteiger partial charge on any atom is 0.321 e. The molecule has 18 heavy (non-hydrogen) atoms. The van der Waals surface area contributed by atoms with E-state index >= 15 is 0 Å². The quantitative estimate of drug-likeness (QED) is 0.872. The number of aryl methyl sites for hydroxylation is 1. The Bertz CT molecular complexity index is 523. The molecule has 0 bridgehead atoms. The van der Waals surface area contributed by atoms with Crippen LogP contribution in [-0.4, -0.2) is 38.2 Å². The van der Waals surface area contributed by atoms with Gasteiger partial charge in [0.05, 0.1) is 6.54 Å². The van der Waals surface area contributed by atoms with Gasteiger partial charge in [-0.1, -0.05) is 18.2 Å². The third-order valence-corrected chi connectivity index (χ3v) is 2.46. The normalized spacial score (nSPS) is 10.1. The molecule has 0 aliphatic heterocycles. The summed E-state index contributed by atoms with van der Waals surface area (Å²) in [4.78, 5) is 13.4. The van der Waals surface area contributed by atoms with Gasteiger partial charge in [0.25, 0.3) is 0 Å². The van der Waals surface area contributed by atoms with E-state index in [1.54, 1.807) is 14.1 Å². The highest BCUT2D eigenvalue weighted by molar-refractivity contribution is 5.88. The summed E-state index contributed by atoms with van der Waals surface area (Å²) in [5, 5.41) is 13.8. The van der Waals surface area contributed by atoms with E-state index in [0.717, 1.165) is 5.69 Å². The van der Waals surface area contributed by atoms with Crippen molar-refractivity contribution < 1.29 is 4.79 Å². The summed E-state index contributed by atoms with van der Waals surface area (Å²) in [7, 11) is 3.42. The second-order valence-corrected chi connectivity index (χ2v) is 3.87. The van der Waals surface area contributed by atoms with Gasteiger partial charge in [-0.3, -0.25) is 0 Å². The summed E-state index contributed by atoms with van der Waals surface area (Å²) < 4.78 is 1.53. The Labute approximate surface area is 104 Å². The van der Waals surface area contributed by atoms with Gasteiger partial charge >= 0.3 is 6.03 Å². The van der Waals surface area contributed by atoms with Crippen molar-refractivity contribution in [3.63, 3.8) is 0 Å². The molecule has 0 unspecified atom stereocenters. The van der Waals surface area contributed by atoms with E-state index in [9.17, 15) is 4.79 Å². The monoisotopic (exact) mass is 246 g/mol. The van der Waals surface area contributed by atoms with E-state index < -0.39 is 0 Å². The van der Waals surface area contributed by atoms with Crippen LogP contribution in [0.1, 0.15) is 5.82 Å². The first-order valence-electron chi connectivity index (χ1n) is 5.45. The van der Waals surface area contributed by atoms with Gasteiger partial charge in [0.15, 0.2) is 5.82 Å². The van der Waals surface area contributed by atoms with Crippen molar-refractivity contribution in [3.05, 3.63) is 36.2 Å². The summed E-state index contributed by atoms with van der Waals surface area (Å²) in [6.07, 6.45) is 0. The molecule has 0 saturated heterocycles. The highest BCUT2D eigenvalue weighted by Gasteiger charge is 2.12. The van der Waals surface area contributed by atoms with Crippen molar-refractivity contribution >= 4 is 11.7 Å². The number of amides is 2. The van der Waals surface area contributed by atoms with Crippen LogP contribution in [0.15, 0.2) is 30.3 Å². The summed E-state index contributed by atoms with van der Waals surface area (Å²) >= 11 is 0. The zero-order valence-corrected chi connectivity index (χ0v) is 10.2. The van der Waals surface area contributed by atoms with E-state index in [0.29, 0.717) is 12.4 Å². The van der Waals surface area contributed by atoms with Crippen molar-refractivity contribution in [2.24, 2.45) is 7.05 Å². The fraction of sp³-hybridized carbons (Fsp3) is 0.273. The molecule has 1 heterocycles. The first-order valence-corrected chi connectivity index (χ1v) is 5.45. The molecular formula is C11H14N6O. The highest BCUT2D eigenvalue weighted by Crippen LogP contribution is 2.06. The Hall–Kier alpha value is -2.44. The van der Waals surface area contributed by atoms with Crippen LogP contribution in [0.25, 0.3) is 0 Å². The van der Waals surface area contributed by atoms with Gasteiger partial charge < -0.3 is 10.2 Å². The Morgan fingerprint density at radius 1 is 1.39 bits per heavy atom. The number of hydrogen-bond acceptors (Lipinski definition) is 4. The van der Waals surface area contributed by atoms with Crippen molar-refractivity contribution in [3.8, 4) is 0 Å². The molecule has 0 spiro atoms. The van der Waals surface area contributed by atoms with Crippen LogP contribution in [0.4, 0.5) is 10.5 Å². The molecule has 7 heteroatoms. The largest absolute Gasteiger partial charge is 0.321 e. The first-order chi connectivity index (χ1) is 8.66. The Morgan fingerprint density at radius 3 is 2.72 bits per heavy atom. The minimum Gasteiger partial charge on any atom is -0.320 e. The minimum atomic E-state index is -0.204. The molecular weight excluding hydrogens is 232 g/mol. The molecule has 0 fully saturated rings. The van der Waals surface area contributed by atoms with Gasteiger partial charge in [0.2, 0.25) is 0 Å². The second-order valence-electron chi connectivity index (χ2n) is 3.87. The Kier molecular flexibility index (Phi) is 3.52. The zero-order chi connectivity index (χ0) is 13.0. The molecule has 0 aliphatic rings. The number of benzene rings is 1. The van der Waals surface area contributed by atoms with Crippen LogP contribution < -0.4 is 5.32 Å². The number of aromatic nitrogens is 4. The third kappa shape index (κ3) is 2.82. The Balaban J connectivity index is 1.95. The number of hydrogen-bond donors (Lipinski definition) is 1. The lowest BCUT2D eigenvalue weighted by atomic mass is 10.3. The molecule has 0 aliphatic carbocycles. The molecule has 1 N–H and O–H groups in total. The van der Waals surface area contributed by atoms with Crippen LogP contribution in [-0.2, 0) is 13.6 Å². The van der Waals surface area contributed by atoms with Crippen LogP contribution in [0.5, 0.6) is 0 Å². The van der Waals surface area contributed by atoms with Crippen molar-refractivity contribution in [1.82, 2.24) is 25.1 Å². The molecule has 2 aromatic rings. The molecule has 0 radical (unpaired) electrons. The smallest absolute Gasteiger partial charge is 0.320 e. The maximum atomic E-state index is 11.9. The number of rotatable bonds is 3. The molecule has 0 saturated carbocycles. The number of para-hydroxylation sites is 1. The number of carbonyl (C=O) groups is 1. The van der Waals surface area contributed by atoms with E-state index in [4.69, 9.17) is 0 Å². The second kappa shape index (κ2) is 5.26. The lowest BCUT2D eigenvalue weighted by Crippen LogP contribution is -2.31. The standard InChI is InChI=1S/C11H14N6O/c1-16(8-10-13-14-15-17(10)2)11(18)12-9-6-4-3-5-7-9/h3-7H,8H2,1-2H3,(H,12,18). The first kappa shape index (κ1) is 12.0. The molecule has 1 aromatic heterocycles. The van der Waals surface area contributed by atoms with Crippen LogP contribution in [0, 0.1) is 0 Å². The van der Waals surface area contributed by atoms with Gasteiger partial charge in [-0.15, -0.1) is 5.10 Å². The van der Waals surface area contributed by atoms with Crippen molar-refractivity contribution in [2.75, 3.05) is 12.4 Å². The van der Waals surface area contributed by atoms with Crippen molar-refractivity contribution in [1.29, 1.82) is 0 Å². The molecule has 0 atom stereocenters. The average molecular weight is 246 g/mol. The van der Waals surface area contributed by atoms with Crippen LogP contribution in [0.2, 0.25) is 0 Å². The summed E-state index contributed by atoms with van der Waals surface area (Å²) in [6.45, 7) is 0.349. The van der Waals surface area contributed by atoms with E-state index in [1.807, 2.05) is 30.3 Å². The van der Waals surface area contributed by atoms with Crippen LogP contribution >= 0.6 is 0 Å². The summed E-state index contributed by atoms with van der Waals surface area (Å²) in [6, 6.07) is 9.07. The number of urea groups is 1. The predicted molar refractivity (Wildman–Crippen MR) is 65.7 cm³/mol. The minimum absolute atomic E-state index is 0.204. The third-order valence-electron chi connectivity index (χ3n) is 2.46. The highest BCUT2D eigenvalue weighted by atomic mass is 16.2. The van der Waals surface area contributed by atoms with E-state index in [1.165, 1.54) is 9.58 Å². The Morgan fingerprint density at radius 2 is 2.11 bits per heavy atom. The van der Waals surface area contributed by atoms with Gasteiger partial charge in [-0.05, 0) is 22.6 Å². The lowest BCUT2D eigenvalue weighted by Gasteiger charge is -2.16. The van der Waals surface area contributed by atoms with E-state index in [2.05, 4.69) is 20.8 Å². The molecule has 94 valence electrons. The maximum absolute atomic E-state index is 11.9. The molecule has 2 rings (SSSR count). The zero-order valence-electron chi connectivity index (χ0n) is 10.2. The number of tetrazole rings is 1. The van der Waals surface area contributed by atoms with Gasteiger partial charge in [-0.2, -0.15) is 0 Å². The number of nitrogens with one attached hydrogen (secondary N) is 1. The fourth-order valence-corrected chi connectivity index (χ4v) is 1.41. The summed E-state index contributed by atoms with van der Waals surface area (Å²) in [5.41, 5.74) is 0.755. The lowest BCUT2D eigenvalue weighted by molar-refractivity contribution is 0.219. The number of nitrogens with zero attached hydrogens (tertiary/aromatic N) is 5. The van der Waals surface area contributed by atoms with Crippen LogP contribution in [0.3, 0.4) is 0 Å². The SMILES string of the molecule is CN(Cc1nnnn1C)C(=O)Nc1ccccc1. The predicted octanol–water partition coefficient (Wildman–Crippen LogP) is 0.874. The van der Waals surface area contributed by atoms with Gasteiger partial charge in [-0.25, -0.2) is 9.48 Å². The average Bonchev–Trinajstić information content (AvgIpc) is 2.76. The van der Waals surface area contributed by atoms with E-state index in [-0.39, 0.29) is 6.03 Å².